The summed E-state index contributed by atoms with van der Waals surface area (Å²) in [7, 11) is 0. The maximum atomic E-state index is 7.00. The molecule has 0 saturated heterocycles. The molecule has 5 fully saturated rings. The van der Waals surface area contributed by atoms with Crippen LogP contribution < -0.4 is 11.5 Å². The molecule has 94 valence electrons. The van der Waals surface area contributed by atoms with Crippen molar-refractivity contribution in [1.82, 2.24) is 0 Å². The maximum absolute atomic E-state index is 7.00. The average Bonchev–Trinajstić information content (AvgIpc) is 2.99. The van der Waals surface area contributed by atoms with Crippen molar-refractivity contribution in [2.75, 3.05) is 0 Å². The minimum atomic E-state index is 0.0311. The van der Waals surface area contributed by atoms with Gasteiger partial charge in [0.15, 0.2) is 0 Å². The molecule has 0 amide bonds. The molecular formula is C15H24N2. The molecule has 4 N–H and O–H groups in total. The molecule has 5 aliphatic carbocycles. The summed E-state index contributed by atoms with van der Waals surface area (Å²) in [4.78, 5) is 0. The lowest BCUT2D eigenvalue weighted by Crippen LogP contribution is -2.72. The summed E-state index contributed by atoms with van der Waals surface area (Å²) < 4.78 is 0. The smallest absolute Gasteiger partial charge is 0.0402 e. The summed E-state index contributed by atoms with van der Waals surface area (Å²) in [5.74, 6) is 5.18. The van der Waals surface area contributed by atoms with Gasteiger partial charge in [-0.1, -0.05) is 6.42 Å². The van der Waals surface area contributed by atoms with E-state index in [1.54, 1.807) is 0 Å². The van der Waals surface area contributed by atoms with Gasteiger partial charge < -0.3 is 11.5 Å². The summed E-state index contributed by atoms with van der Waals surface area (Å²) in [5, 5.41) is 0. The second-order valence-electron chi connectivity index (χ2n) is 7.84. The molecule has 0 radical (unpaired) electrons. The molecular weight excluding hydrogens is 208 g/mol. The fourth-order valence-electron chi connectivity index (χ4n) is 7.56. The molecule has 17 heavy (non-hydrogen) atoms. The Balaban J connectivity index is 1.69. The average molecular weight is 232 g/mol. The lowest BCUT2D eigenvalue weighted by atomic mass is 9.57. The van der Waals surface area contributed by atoms with Crippen molar-refractivity contribution >= 4 is 0 Å². The van der Waals surface area contributed by atoms with Crippen molar-refractivity contribution in [3.8, 4) is 0 Å². The van der Waals surface area contributed by atoms with Gasteiger partial charge in [-0.25, -0.2) is 0 Å². The van der Waals surface area contributed by atoms with Crippen LogP contribution >= 0.6 is 0 Å². The zero-order valence-electron chi connectivity index (χ0n) is 10.6. The molecule has 8 atom stereocenters. The zero-order valence-corrected chi connectivity index (χ0v) is 10.6. The Bertz CT molecular complexity index is 394. The number of hydrogen-bond donors (Lipinski definition) is 2. The first-order chi connectivity index (χ1) is 8.16. The van der Waals surface area contributed by atoms with Crippen molar-refractivity contribution in [1.29, 1.82) is 0 Å². The Morgan fingerprint density at radius 1 is 0.941 bits per heavy atom. The molecule has 0 heterocycles. The van der Waals surface area contributed by atoms with Gasteiger partial charge in [-0.15, -0.1) is 0 Å². The predicted molar refractivity (Wildman–Crippen MR) is 67.1 cm³/mol. The maximum Gasteiger partial charge on any atom is 0.0402 e. The highest BCUT2D eigenvalue weighted by Gasteiger charge is 2.77. The summed E-state index contributed by atoms with van der Waals surface area (Å²) in [6.07, 6.45) is 9.77. The quantitative estimate of drug-likeness (QED) is 0.627. The van der Waals surface area contributed by atoms with Gasteiger partial charge in [-0.05, 0) is 74.0 Å². The largest absolute Gasteiger partial charge is 0.323 e. The van der Waals surface area contributed by atoms with Gasteiger partial charge in [0.1, 0.15) is 0 Å². The fourth-order valence-corrected chi connectivity index (χ4v) is 7.56. The van der Waals surface area contributed by atoms with Crippen LogP contribution in [0.25, 0.3) is 0 Å². The minimum absolute atomic E-state index is 0.0311. The molecule has 5 saturated carbocycles. The SMILES string of the molecule is NC12CC(C3CCCC31)C1C3CCC(C3)C12N. The van der Waals surface area contributed by atoms with Crippen LogP contribution in [0.1, 0.15) is 44.9 Å². The van der Waals surface area contributed by atoms with Crippen LogP contribution in [0.2, 0.25) is 0 Å². The molecule has 8 unspecified atom stereocenters. The van der Waals surface area contributed by atoms with Crippen LogP contribution in [0, 0.1) is 35.5 Å². The third kappa shape index (κ3) is 0.779. The first-order valence-electron chi connectivity index (χ1n) is 7.74. The number of rotatable bonds is 0. The van der Waals surface area contributed by atoms with Crippen molar-refractivity contribution in [2.45, 2.75) is 56.0 Å². The third-order valence-electron chi connectivity index (χ3n) is 7.83. The Hall–Kier alpha value is -0.0800. The Labute approximate surface area is 103 Å². The lowest BCUT2D eigenvalue weighted by molar-refractivity contribution is 0.0255. The van der Waals surface area contributed by atoms with Gasteiger partial charge in [-0.2, -0.15) is 0 Å². The monoisotopic (exact) mass is 232 g/mol. The van der Waals surface area contributed by atoms with Gasteiger partial charge in [0, 0.05) is 11.1 Å². The molecule has 2 nitrogen and oxygen atoms in total. The summed E-state index contributed by atoms with van der Waals surface area (Å²) in [6, 6.07) is 0. The highest BCUT2D eigenvalue weighted by Crippen LogP contribution is 2.74. The minimum Gasteiger partial charge on any atom is -0.323 e. The second-order valence-corrected chi connectivity index (χ2v) is 7.84. The van der Waals surface area contributed by atoms with Gasteiger partial charge in [0.25, 0.3) is 0 Å². The van der Waals surface area contributed by atoms with E-state index in [2.05, 4.69) is 0 Å². The molecule has 5 rings (SSSR count). The topological polar surface area (TPSA) is 52.0 Å². The molecule has 0 aliphatic heterocycles. The first-order valence-corrected chi connectivity index (χ1v) is 7.74. The van der Waals surface area contributed by atoms with E-state index in [0.29, 0.717) is 0 Å². The third-order valence-corrected chi connectivity index (χ3v) is 7.83. The highest BCUT2D eigenvalue weighted by molar-refractivity contribution is 5.33. The lowest BCUT2D eigenvalue weighted by Gasteiger charge is -2.54. The van der Waals surface area contributed by atoms with E-state index in [9.17, 15) is 0 Å². The van der Waals surface area contributed by atoms with Gasteiger partial charge in [0.05, 0.1) is 0 Å². The number of nitrogens with two attached hydrogens (primary N) is 2. The Morgan fingerprint density at radius 2 is 1.82 bits per heavy atom. The summed E-state index contributed by atoms with van der Waals surface area (Å²) in [5.41, 5.74) is 14.0. The van der Waals surface area contributed by atoms with E-state index in [0.717, 1.165) is 35.5 Å². The van der Waals surface area contributed by atoms with Crippen LogP contribution in [-0.2, 0) is 0 Å². The van der Waals surface area contributed by atoms with Crippen LogP contribution in [0.5, 0.6) is 0 Å². The normalized spacial score (nSPS) is 70.9. The van der Waals surface area contributed by atoms with E-state index in [1.807, 2.05) is 0 Å². The number of hydrogen-bond acceptors (Lipinski definition) is 2. The Kier molecular flexibility index (Phi) is 1.50. The van der Waals surface area contributed by atoms with E-state index in [1.165, 1.54) is 44.9 Å². The molecule has 0 spiro atoms. The van der Waals surface area contributed by atoms with E-state index in [-0.39, 0.29) is 11.1 Å². The van der Waals surface area contributed by atoms with Crippen LogP contribution in [0.4, 0.5) is 0 Å². The number of fused-ring (bicyclic) bond motifs is 12. The standard InChI is InChI=1S/C15H24N2/c16-14-7-11(10-2-1-3-12(10)14)13-8-4-5-9(6-8)15(13,14)17/h8-13H,1-7,16-17H2. The Morgan fingerprint density at radius 3 is 2.71 bits per heavy atom. The van der Waals surface area contributed by atoms with Crippen molar-refractivity contribution in [3.05, 3.63) is 0 Å². The van der Waals surface area contributed by atoms with E-state index < -0.39 is 0 Å². The van der Waals surface area contributed by atoms with E-state index >= 15 is 0 Å². The first kappa shape index (κ1) is 9.80. The summed E-state index contributed by atoms with van der Waals surface area (Å²) in [6.45, 7) is 0. The molecule has 5 aliphatic rings. The molecule has 0 aromatic carbocycles. The zero-order chi connectivity index (χ0) is 11.4. The molecule has 0 aromatic rings. The van der Waals surface area contributed by atoms with Crippen molar-refractivity contribution in [2.24, 2.45) is 47.0 Å². The predicted octanol–water partition coefficient (Wildman–Crippen LogP) is 1.88. The molecule has 0 aromatic heterocycles. The van der Waals surface area contributed by atoms with Crippen molar-refractivity contribution in [3.63, 3.8) is 0 Å². The van der Waals surface area contributed by atoms with Crippen LogP contribution in [0.3, 0.4) is 0 Å². The summed E-state index contributed by atoms with van der Waals surface area (Å²) >= 11 is 0. The van der Waals surface area contributed by atoms with E-state index in [4.69, 9.17) is 11.5 Å². The molecule has 4 bridgehead atoms. The fraction of sp³-hybridized carbons (Fsp3) is 1.00. The van der Waals surface area contributed by atoms with Gasteiger partial charge in [-0.3, -0.25) is 0 Å². The van der Waals surface area contributed by atoms with Gasteiger partial charge in [0.2, 0.25) is 0 Å². The highest BCUT2D eigenvalue weighted by atomic mass is 15.1. The van der Waals surface area contributed by atoms with Gasteiger partial charge >= 0.3 is 0 Å². The van der Waals surface area contributed by atoms with Crippen LogP contribution in [0.15, 0.2) is 0 Å². The van der Waals surface area contributed by atoms with Crippen LogP contribution in [-0.4, -0.2) is 11.1 Å². The molecule has 2 heteroatoms. The second kappa shape index (κ2) is 2.60. The van der Waals surface area contributed by atoms with Crippen molar-refractivity contribution < 1.29 is 0 Å².